The number of fused-ring (bicyclic) bond motifs is 2. The van der Waals surface area contributed by atoms with Crippen molar-refractivity contribution in [1.29, 1.82) is 0 Å². The number of H-pyrrole nitrogens is 1. The van der Waals surface area contributed by atoms with Gasteiger partial charge in [0.25, 0.3) is 5.91 Å². The van der Waals surface area contributed by atoms with E-state index >= 15 is 0 Å². The molecule has 1 saturated carbocycles. The van der Waals surface area contributed by atoms with Crippen molar-refractivity contribution >= 4 is 34.1 Å². The molecule has 0 spiro atoms. The van der Waals surface area contributed by atoms with E-state index in [1.807, 2.05) is 18.3 Å². The molecule has 160 valence electrons. The summed E-state index contributed by atoms with van der Waals surface area (Å²) < 4.78 is 41.2. The second-order valence-corrected chi connectivity index (χ2v) is 8.08. The number of hydrogen-bond acceptors (Lipinski definition) is 3. The molecule has 0 bridgehead atoms. The number of amides is 1. The van der Waals surface area contributed by atoms with E-state index in [9.17, 15) is 18.0 Å². The topological polar surface area (TPSA) is 75.1 Å². The van der Waals surface area contributed by atoms with E-state index in [0.717, 1.165) is 35.4 Å². The highest BCUT2D eigenvalue weighted by Crippen LogP contribution is 2.41. The Morgan fingerprint density at radius 2 is 2.06 bits per heavy atom. The van der Waals surface area contributed by atoms with E-state index in [1.54, 1.807) is 6.07 Å². The van der Waals surface area contributed by atoms with Crippen LogP contribution in [0.3, 0.4) is 0 Å². The lowest BCUT2D eigenvalue weighted by Crippen LogP contribution is -2.26. The molecule has 2 N–H and O–H groups in total. The Hall–Kier alpha value is -3.07. The SMILES string of the molecule is O=C(NCCc1c[nH]c2ccc(Cl)cc12)c1cc2nc(C3CC3)cc(C(F)(F)F)n2n1. The molecule has 0 atom stereocenters. The van der Waals surface area contributed by atoms with Crippen LogP contribution in [0.1, 0.15) is 46.2 Å². The second-order valence-electron chi connectivity index (χ2n) is 7.65. The van der Waals surface area contributed by atoms with Crippen molar-refractivity contribution in [3.63, 3.8) is 0 Å². The summed E-state index contributed by atoms with van der Waals surface area (Å²) in [6.45, 7) is 0.291. The molecule has 1 amide bonds. The number of halogens is 4. The van der Waals surface area contributed by atoms with Gasteiger partial charge in [0.2, 0.25) is 0 Å². The third kappa shape index (κ3) is 3.85. The molecule has 3 aromatic heterocycles. The van der Waals surface area contributed by atoms with Crippen LogP contribution in [0.25, 0.3) is 16.6 Å². The standard InChI is InChI=1S/C21H17ClF3N5O/c22-13-3-4-15-14(7-13)12(10-27-15)5-6-26-20(31)17-9-19-28-16(11-1-2-11)8-18(21(23,24)25)30(19)29-17/h3-4,7-11,27H,1-2,5-6H2,(H,26,31). The third-order valence-electron chi connectivity index (χ3n) is 5.38. The molecule has 3 heterocycles. The number of aromatic nitrogens is 4. The molecule has 4 aromatic rings. The first-order valence-corrected chi connectivity index (χ1v) is 10.2. The summed E-state index contributed by atoms with van der Waals surface area (Å²) in [5, 5.41) is 8.16. The zero-order chi connectivity index (χ0) is 21.8. The molecule has 0 radical (unpaired) electrons. The summed E-state index contributed by atoms with van der Waals surface area (Å²) in [6.07, 6.45) is -0.586. The maximum Gasteiger partial charge on any atom is 0.433 e. The zero-order valence-electron chi connectivity index (χ0n) is 16.1. The Morgan fingerprint density at radius 3 is 2.81 bits per heavy atom. The van der Waals surface area contributed by atoms with Gasteiger partial charge in [-0.15, -0.1) is 0 Å². The van der Waals surface area contributed by atoms with E-state index in [1.165, 1.54) is 6.07 Å². The van der Waals surface area contributed by atoms with E-state index in [4.69, 9.17) is 11.6 Å². The first-order valence-electron chi connectivity index (χ1n) is 9.81. The number of rotatable bonds is 5. The van der Waals surface area contributed by atoms with Gasteiger partial charge < -0.3 is 10.3 Å². The molecule has 1 aromatic carbocycles. The number of carbonyl (C=O) groups excluding carboxylic acids is 1. The molecule has 0 unspecified atom stereocenters. The van der Waals surface area contributed by atoms with Crippen LogP contribution in [-0.4, -0.2) is 32.0 Å². The Kier molecular flexibility index (Phi) is 4.65. The fraction of sp³-hybridized carbons (Fsp3) is 0.286. The highest BCUT2D eigenvalue weighted by Gasteiger charge is 2.37. The summed E-state index contributed by atoms with van der Waals surface area (Å²) in [5.74, 6) is -0.507. The number of nitrogens with zero attached hydrogens (tertiary/aromatic N) is 3. The van der Waals surface area contributed by atoms with Gasteiger partial charge in [-0.05, 0) is 49.1 Å². The van der Waals surface area contributed by atoms with Crippen molar-refractivity contribution in [3.8, 4) is 0 Å². The second kappa shape index (κ2) is 7.26. The van der Waals surface area contributed by atoms with Gasteiger partial charge >= 0.3 is 6.18 Å². The number of aromatic amines is 1. The smallest absolute Gasteiger partial charge is 0.361 e. The van der Waals surface area contributed by atoms with Gasteiger partial charge in [-0.25, -0.2) is 9.50 Å². The van der Waals surface area contributed by atoms with Crippen molar-refractivity contribution in [2.75, 3.05) is 6.54 Å². The van der Waals surface area contributed by atoms with E-state index in [-0.39, 0.29) is 17.3 Å². The highest BCUT2D eigenvalue weighted by molar-refractivity contribution is 6.31. The normalized spacial score (nSPS) is 14.5. The summed E-state index contributed by atoms with van der Waals surface area (Å²) >= 11 is 6.05. The molecular formula is C21H17ClF3N5O. The number of carbonyl (C=O) groups is 1. The molecule has 1 fully saturated rings. The van der Waals surface area contributed by atoms with Crippen molar-refractivity contribution in [1.82, 2.24) is 24.9 Å². The van der Waals surface area contributed by atoms with Crippen LogP contribution in [-0.2, 0) is 12.6 Å². The van der Waals surface area contributed by atoms with Crippen molar-refractivity contribution in [2.45, 2.75) is 31.4 Å². The molecule has 1 aliphatic carbocycles. The number of hydrogen-bond donors (Lipinski definition) is 2. The molecule has 6 nitrogen and oxygen atoms in total. The fourth-order valence-electron chi connectivity index (χ4n) is 3.65. The van der Waals surface area contributed by atoms with Crippen LogP contribution in [0.5, 0.6) is 0 Å². The first kappa shape index (κ1) is 19.9. The van der Waals surface area contributed by atoms with E-state index in [2.05, 4.69) is 20.4 Å². The molecular weight excluding hydrogens is 431 g/mol. The average Bonchev–Trinajstić information content (AvgIpc) is 3.36. The lowest BCUT2D eigenvalue weighted by Gasteiger charge is -2.10. The molecule has 10 heteroatoms. The third-order valence-corrected chi connectivity index (χ3v) is 5.61. The number of alkyl halides is 3. The van der Waals surface area contributed by atoms with Gasteiger partial charge in [-0.3, -0.25) is 4.79 Å². The van der Waals surface area contributed by atoms with Gasteiger partial charge in [0.1, 0.15) is 5.69 Å². The van der Waals surface area contributed by atoms with E-state index in [0.29, 0.717) is 28.2 Å². The van der Waals surface area contributed by atoms with Crippen LogP contribution < -0.4 is 5.32 Å². The Morgan fingerprint density at radius 1 is 1.26 bits per heavy atom. The maximum atomic E-state index is 13.5. The summed E-state index contributed by atoms with van der Waals surface area (Å²) in [5.41, 5.74) is 1.30. The van der Waals surface area contributed by atoms with Gasteiger partial charge in [0, 0.05) is 46.3 Å². The largest absolute Gasteiger partial charge is 0.433 e. The minimum absolute atomic E-state index is 0.0214. The van der Waals surface area contributed by atoms with Crippen LogP contribution in [0.4, 0.5) is 13.2 Å². The minimum atomic E-state index is -4.60. The Balaban J connectivity index is 1.35. The fourth-order valence-corrected chi connectivity index (χ4v) is 3.83. The van der Waals surface area contributed by atoms with Crippen LogP contribution in [0.2, 0.25) is 5.02 Å². The molecule has 5 rings (SSSR count). The summed E-state index contributed by atoms with van der Waals surface area (Å²) in [6, 6.07) is 7.82. The lowest BCUT2D eigenvalue weighted by atomic mass is 10.1. The van der Waals surface area contributed by atoms with Crippen LogP contribution >= 0.6 is 11.6 Å². The maximum absolute atomic E-state index is 13.5. The lowest BCUT2D eigenvalue weighted by molar-refractivity contribution is -0.142. The van der Waals surface area contributed by atoms with Gasteiger partial charge in [-0.1, -0.05) is 11.6 Å². The quantitative estimate of drug-likeness (QED) is 0.464. The summed E-state index contributed by atoms with van der Waals surface area (Å²) in [7, 11) is 0. The molecule has 0 aliphatic heterocycles. The Bertz CT molecular complexity index is 1310. The first-order chi connectivity index (χ1) is 14.8. The highest BCUT2D eigenvalue weighted by atomic mass is 35.5. The van der Waals surface area contributed by atoms with Crippen LogP contribution in [0, 0.1) is 0 Å². The van der Waals surface area contributed by atoms with Gasteiger partial charge in [0.05, 0.1) is 0 Å². The monoisotopic (exact) mass is 447 g/mol. The van der Waals surface area contributed by atoms with E-state index < -0.39 is 17.8 Å². The minimum Gasteiger partial charge on any atom is -0.361 e. The molecule has 0 saturated heterocycles. The zero-order valence-corrected chi connectivity index (χ0v) is 16.9. The molecule has 31 heavy (non-hydrogen) atoms. The number of benzene rings is 1. The predicted octanol–water partition coefficient (Wildman–Crippen LogP) is 4.73. The van der Waals surface area contributed by atoms with Gasteiger partial charge in [-0.2, -0.15) is 18.3 Å². The molecule has 1 aliphatic rings. The van der Waals surface area contributed by atoms with Crippen molar-refractivity contribution < 1.29 is 18.0 Å². The van der Waals surface area contributed by atoms with Crippen molar-refractivity contribution in [3.05, 3.63) is 64.2 Å². The van der Waals surface area contributed by atoms with Gasteiger partial charge in [0.15, 0.2) is 11.3 Å². The number of nitrogens with one attached hydrogen (secondary N) is 2. The summed E-state index contributed by atoms with van der Waals surface area (Å²) in [4.78, 5) is 20.0. The Labute approximate surface area is 179 Å². The van der Waals surface area contributed by atoms with Crippen molar-refractivity contribution in [2.24, 2.45) is 0 Å². The predicted molar refractivity (Wildman–Crippen MR) is 109 cm³/mol. The van der Waals surface area contributed by atoms with Crippen LogP contribution in [0.15, 0.2) is 36.5 Å². The average molecular weight is 448 g/mol.